The summed E-state index contributed by atoms with van der Waals surface area (Å²) >= 11 is 0. The summed E-state index contributed by atoms with van der Waals surface area (Å²) in [5.74, 6) is 0.159. The molecule has 0 N–H and O–H groups in total. The fraction of sp³-hybridized carbons (Fsp3) is 0.333. The van der Waals surface area contributed by atoms with E-state index in [0.717, 1.165) is 0 Å². The zero-order chi connectivity index (χ0) is 23.3. The monoisotopic (exact) mass is 462 g/mol. The first kappa shape index (κ1) is 20.6. The van der Waals surface area contributed by atoms with Gasteiger partial charge in [0.2, 0.25) is 0 Å². The van der Waals surface area contributed by atoms with Gasteiger partial charge >= 0.3 is 6.09 Å². The van der Waals surface area contributed by atoms with Crippen LogP contribution < -0.4 is 9.64 Å². The molecule has 2 aromatic heterocycles. The lowest BCUT2D eigenvalue weighted by Crippen LogP contribution is -2.26. The van der Waals surface area contributed by atoms with E-state index in [9.17, 15) is 10.1 Å². The van der Waals surface area contributed by atoms with Crippen molar-refractivity contribution >= 4 is 11.8 Å². The quantitative estimate of drug-likeness (QED) is 0.549. The van der Waals surface area contributed by atoms with Gasteiger partial charge in [-0.05, 0) is 29.4 Å². The first-order valence-electron chi connectivity index (χ1n) is 10.9. The molecule has 172 valence electrons. The Balaban J connectivity index is 1.16. The van der Waals surface area contributed by atoms with Crippen molar-refractivity contribution in [1.29, 1.82) is 5.26 Å². The molecule has 4 heterocycles. The normalized spacial score (nSPS) is 27.2. The highest BCUT2D eigenvalue weighted by Crippen LogP contribution is 2.62. The molecular formula is C24H19FN4O5. The Kier molecular flexibility index (Phi) is 4.74. The number of nitrogens with zero attached hydrogens (tertiary/aromatic N) is 4. The number of benzene rings is 1. The first-order valence-corrected chi connectivity index (χ1v) is 10.9. The van der Waals surface area contributed by atoms with Crippen LogP contribution in [0.1, 0.15) is 5.69 Å². The van der Waals surface area contributed by atoms with Crippen molar-refractivity contribution in [2.45, 2.75) is 11.5 Å². The van der Waals surface area contributed by atoms with Crippen molar-refractivity contribution in [3.8, 4) is 23.1 Å². The van der Waals surface area contributed by atoms with E-state index in [1.807, 2.05) is 0 Å². The lowest BCUT2D eigenvalue weighted by molar-refractivity contribution is 0.102. The number of anilines is 1. The number of ether oxygens (including phenoxy) is 3. The molecule has 10 heteroatoms. The number of hydrogen-bond acceptors (Lipinski definition) is 8. The molecule has 3 aromatic rings. The summed E-state index contributed by atoms with van der Waals surface area (Å²) in [6, 6.07) is 12.1. The number of cyclic esters (lactones) is 1. The van der Waals surface area contributed by atoms with Gasteiger partial charge in [0.15, 0.2) is 6.10 Å². The third-order valence-corrected chi connectivity index (χ3v) is 6.79. The molecule has 2 saturated heterocycles. The predicted octanol–water partition coefficient (Wildman–Crippen LogP) is 3.32. The van der Waals surface area contributed by atoms with Gasteiger partial charge < -0.3 is 18.7 Å². The van der Waals surface area contributed by atoms with E-state index in [1.165, 1.54) is 17.2 Å². The molecule has 0 spiro atoms. The topological polar surface area (TPSA) is 111 Å². The van der Waals surface area contributed by atoms with Crippen LogP contribution in [0.15, 0.2) is 53.4 Å². The maximum absolute atomic E-state index is 15.0. The van der Waals surface area contributed by atoms with E-state index in [1.54, 1.807) is 36.5 Å². The summed E-state index contributed by atoms with van der Waals surface area (Å²) in [5, 5.41) is 13.4. The fourth-order valence-electron chi connectivity index (χ4n) is 4.94. The van der Waals surface area contributed by atoms with Crippen molar-refractivity contribution in [1.82, 2.24) is 10.1 Å². The Labute approximate surface area is 193 Å². The van der Waals surface area contributed by atoms with Crippen molar-refractivity contribution in [2.24, 2.45) is 11.8 Å². The molecule has 0 bridgehead atoms. The molecule has 1 amide bonds. The second-order valence-corrected chi connectivity index (χ2v) is 8.59. The van der Waals surface area contributed by atoms with Gasteiger partial charge in [-0.25, -0.2) is 9.18 Å². The van der Waals surface area contributed by atoms with Crippen LogP contribution in [-0.4, -0.2) is 48.7 Å². The first-order chi connectivity index (χ1) is 16.6. The Morgan fingerprint density at radius 3 is 2.76 bits per heavy atom. The molecule has 2 aliphatic heterocycles. The minimum atomic E-state index is -0.594. The largest absolute Gasteiger partial charge is 0.471 e. The summed E-state index contributed by atoms with van der Waals surface area (Å²) in [4.78, 5) is 18.2. The van der Waals surface area contributed by atoms with Crippen LogP contribution in [0.2, 0.25) is 0 Å². The van der Waals surface area contributed by atoms with Crippen LogP contribution in [0.4, 0.5) is 14.9 Å². The van der Waals surface area contributed by atoms with Gasteiger partial charge in [-0.15, -0.1) is 0 Å². The zero-order valence-corrected chi connectivity index (χ0v) is 17.9. The average molecular weight is 462 g/mol. The number of rotatable bonds is 6. The van der Waals surface area contributed by atoms with Gasteiger partial charge in [0, 0.05) is 35.2 Å². The minimum absolute atomic E-state index is 0.103. The molecule has 1 aliphatic carbocycles. The van der Waals surface area contributed by atoms with E-state index in [-0.39, 0.29) is 25.0 Å². The van der Waals surface area contributed by atoms with E-state index in [4.69, 9.17) is 18.7 Å². The molecule has 3 fully saturated rings. The molecule has 9 nitrogen and oxygen atoms in total. The van der Waals surface area contributed by atoms with Crippen molar-refractivity contribution in [2.75, 3.05) is 31.3 Å². The van der Waals surface area contributed by atoms with Gasteiger partial charge in [-0.1, -0.05) is 6.07 Å². The number of carbonyl (C=O) groups is 1. The van der Waals surface area contributed by atoms with Crippen molar-refractivity contribution < 1.29 is 27.9 Å². The molecule has 0 radical (unpaired) electrons. The van der Waals surface area contributed by atoms with E-state index >= 15 is 4.39 Å². The number of fused-ring (bicyclic) bond motifs is 1. The highest BCUT2D eigenvalue weighted by Gasteiger charge is 2.70. The maximum atomic E-state index is 15.0. The van der Waals surface area contributed by atoms with Crippen molar-refractivity contribution in [3.63, 3.8) is 0 Å². The Morgan fingerprint density at radius 1 is 1.24 bits per heavy atom. The molecule has 34 heavy (non-hydrogen) atoms. The Bertz CT molecular complexity index is 1260. The number of pyridine rings is 1. The molecular weight excluding hydrogens is 443 g/mol. The molecule has 1 saturated carbocycles. The molecule has 4 atom stereocenters. The lowest BCUT2D eigenvalue weighted by Gasteiger charge is -2.15. The van der Waals surface area contributed by atoms with Crippen LogP contribution in [0.25, 0.3) is 11.1 Å². The van der Waals surface area contributed by atoms with Crippen LogP contribution in [-0.2, 0) is 14.9 Å². The van der Waals surface area contributed by atoms with Gasteiger partial charge in [0.1, 0.15) is 24.1 Å². The number of carbonyl (C=O) groups excluding carboxylic acids is 1. The van der Waals surface area contributed by atoms with E-state index < -0.39 is 23.4 Å². The highest BCUT2D eigenvalue weighted by molar-refractivity contribution is 5.90. The van der Waals surface area contributed by atoms with Gasteiger partial charge in [0.05, 0.1) is 37.2 Å². The number of halogens is 1. The third kappa shape index (κ3) is 3.20. The van der Waals surface area contributed by atoms with Crippen LogP contribution in [0.5, 0.6) is 5.88 Å². The number of hydrogen-bond donors (Lipinski definition) is 0. The zero-order valence-electron chi connectivity index (χ0n) is 17.9. The van der Waals surface area contributed by atoms with Crippen LogP contribution in [0, 0.1) is 29.0 Å². The molecule has 3 aliphatic rings. The number of nitriles is 1. The highest BCUT2D eigenvalue weighted by atomic mass is 19.1. The summed E-state index contributed by atoms with van der Waals surface area (Å²) in [6.45, 7) is 1.47. The predicted molar refractivity (Wildman–Crippen MR) is 114 cm³/mol. The standard InChI is InChI=1S/C24H19FN4O5/c25-20-7-15(29-9-16(34-23(29)30)10-32-22-5-6-33-28-22)2-3-17(20)14-1-4-21(27-8-14)24(13-26)18-11-31-12-19(18)24/h1-8,16,18-19H,9-12H2/t16-,18-,19+,24?/m1/s1. The van der Waals surface area contributed by atoms with E-state index in [0.29, 0.717) is 41.6 Å². The molecule has 1 aromatic carbocycles. The molecule has 1 unspecified atom stereocenters. The van der Waals surface area contributed by atoms with E-state index in [2.05, 4.69) is 16.2 Å². The second-order valence-electron chi connectivity index (χ2n) is 8.59. The summed E-state index contributed by atoms with van der Waals surface area (Å²) in [6.07, 6.45) is 1.86. The summed E-state index contributed by atoms with van der Waals surface area (Å²) < 4.78 is 35.9. The van der Waals surface area contributed by atoms with Gasteiger partial charge in [0.25, 0.3) is 5.88 Å². The van der Waals surface area contributed by atoms with Gasteiger partial charge in [-0.3, -0.25) is 9.88 Å². The molecule has 6 rings (SSSR count). The number of aromatic nitrogens is 2. The maximum Gasteiger partial charge on any atom is 0.414 e. The number of amides is 1. The minimum Gasteiger partial charge on any atom is -0.471 e. The third-order valence-electron chi connectivity index (χ3n) is 6.79. The van der Waals surface area contributed by atoms with Crippen LogP contribution >= 0.6 is 0 Å². The Hall–Kier alpha value is -3.97. The van der Waals surface area contributed by atoms with Crippen LogP contribution in [0.3, 0.4) is 0 Å². The fourth-order valence-corrected chi connectivity index (χ4v) is 4.94. The smallest absolute Gasteiger partial charge is 0.414 e. The summed E-state index contributed by atoms with van der Waals surface area (Å²) in [5.41, 5.74) is 1.43. The van der Waals surface area contributed by atoms with Crippen molar-refractivity contribution in [3.05, 3.63) is 60.4 Å². The van der Waals surface area contributed by atoms with Gasteiger partial charge in [-0.2, -0.15) is 5.26 Å². The Morgan fingerprint density at radius 2 is 2.09 bits per heavy atom. The summed E-state index contributed by atoms with van der Waals surface area (Å²) in [7, 11) is 0. The second kappa shape index (κ2) is 7.81. The lowest BCUT2D eigenvalue weighted by atomic mass is 9.96. The SMILES string of the molecule is N#CC1(c2ccc(-c3ccc(N4C[C@H](COc5ccon5)OC4=O)cc3F)cn2)[C@@H]2COC[C@@H]21. The average Bonchev–Trinajstić information content (AvgIpc) is 3.38.